The van der Waals surface area contributed by atoms with Crippen LogP contribution in [0.1, 0.15) is 20.8 Å². The van der Waals surface area contributed by atoms with Crippen LogP contribution < -0.4 is 5.32 Å². The van der Waals surface area contributed by atoms with Gasteiger partial charge in [-0.1, -0.05) is 0 Å². The summed E-state index contributed by atoms with van der Waals surface area (Å²) in [6.45, 7) is 5.35. The Labute approximate surface area is 88.1 Å². The van der Waals surface area contributed by atoms with E-state index < -0.39 is 17.9 Å². The molecular formula is C10H14N2O3. The fourth-order valence-corrected chi connectivity index (χ4v) is 1.41. The van der Waals surface area contributed by atoms with Crippen LogP contribution in [0.5, 0.6) is 0 Å². The molecule has 0 aliphatic carbocycles. The second kappa shape index (κ2) is 4.25. The van der Waals surface area contributed by atoms with Crippen molar-refractivity contribution in [1.82, 2.24) is 10.2 Å². The van der Waals surface area contributed by atoms with Crippen molar-refractivity contribution in [3.63, 3.8) is 0 Å². The molecule has 1 N–H and O–H groups in total. The third-order valence-electron chi connectivity index (χ3n) is 2.25. The average molecular weight is 210 g/mol. The molecule has 0 fully saturated rings. The van der Waals surface area contributed by atoms with E-state index in [4.69, 9.17) is 0 Å². The third kappa shape index (κ3) is 2.06. The number of imide groups is 1. The van der Waals surface area contributed by atoms with Crippen molar-refractivity contribution in [2.24, 2.45) is 0 Å². The molecule has 1 unspecified atom stereocenters. The maximum Gasteiger partial charge on any atom is 0.257 e. The highest BCUT2D eigenvalue weighted by Gasteiger charge is 2.35. The summed E-state index contributed by atoms with van der Waals surface area (Å²) in [6.07, 6.45) is 1.25. The normalized spacial score (nSPS) is 17.8. The lowest BCUT2D eigenvalue weighted by Gasteiger charge is -2.21. The highest BCUT2D eigenvalue weighted by molar-refractivity contribution is 6.17. The van der Waals surface area contributed by atoms with Crippen LogP contribution in [0.4, 0.5) is 0 Å². The summed E-state index contributed by atoms with van der Waals surface area (Å²) in [7, 11) is 0. The minimum Gasteiger partial charge on any atom is -0.355 e. The van der Waals surface area contributed by atoms with Gasteiger partial charge in [0.2, 0.25) is 5.91 Å². The first kappa shape index (κ1) is 11.4. The van der Waals surface area contributed by atoms with Gasteiger partial charge in [0.05, 0.1) is 0 Å². The zero-order chi connectivity index (χ0) is 11.6. The molecule has 0 spiro atoms. The van der Waals surface area contributed by atoms with Gasteiger partial charge in [0, 0.05) is 18.2 Å². The Morgan fingerprint density at radius 1 is 1.53 bits per heavy atom. The lowest BCUT2D eigenvalue weighted by Crippen LogP contribution is -2.48. The Bertz CT molecular complexity index is 347. The van der Waals surface area contributed by atoms with E-state index in [1.165, 1.54) is 13.0 Å². The Hall–Kier alpha value is -1.65. The fourth-order valence-electron chi connectivity index (χ4n) is 1.41. The first-order valence-electron chi connectivity index (χ1n) is 4.82. The van der Waals surface area contributed by atoms with Crippen LogP contribution in [0.3, 0.4) is 0 Å². The molecule has 3 amide bonds. The van der Waals surface area contributed by atoms with E-state index in [2.05, 4.69) is 5.32 Å². The van der Waals surface area contributed by atoms with Gasteiger partial charge in [-0.2, -0.15) is 0 Å². The molecule has 0 aromatic heterocycles. The molecule has 0 bridgehead atoms. The fraction of sp³-hybridized carbons (Fsp3) is 0.500. The largest absolute Gasteiger partial charge is 0.355 e. The molecule has 1 aliphatic heterocycles. The van der Waals surface area contributed by atoms with Gasteiger partial charge >= 0.3 is 0 Å². The Kier molecular flexibility index (Phi) is 3.24. The number of amides is 3. The summed E-state index contributed by atoms with van der Waals surface area (Å²) >= 11 is 0. The summed E-state index contributed by atoms with van der Waals surface area (Å²) < 4.78 is 0. The lowest BCUT2D eigenvalue weighted by atomic mass is 10.2. The van der Waals surface area contributed by atoms with Crippen molar-refractivity contribution in [3.05, 3.63) is 11.6 Å². The second-order valence-corrected chi connectivity index (χ2v) is 3.41. The van der Waals surface area contributed by atoms with Gasteiger partial charge in [0.1, 0.15) is 6.04 Å². The quantitative estimate of drug-likeness (QED) is 0.657. The molecule has 15 heavy (non-hydrogen) atoms. The zero-order valence-electron chi connectivity index (χ0n) is 9.03. The molecule has 0 saturated carbocycles. The van der Waals surface area contributed by atoms with E-state index in [1.807, 2.05) is 0 Å². The van der Waals surface area contributed by atoms with Crippen LogP contribution >= 0.6 is 0 Å². The topological polar surface area (TPSA) is 66.5 Å². The summed E-state index contributed by atoms with van der Waals surface area (Å²) in [5, 5.41) is 2.57. The van der Waals surface area contributed by atoms with Gasteiger partial charge in [-0.15, -0.1) is 0 Å². The van der Waals surface area contributed by atoms with E-state index in [0.717, 1.165) is 4.90 Å². The number of likely N-dealkylation sites (N-methyl/N-ethyl adjacent to an activating group) is 1. The van der Waals surface area contributed by atoms with Gasteiger partial charge in [0.25, 0.3) is 11.8 Å². The van der Waals surface area contributed by atoms with E-state index in [9.17, 15) is 14.4 Å². The van der Waals surface area contributed by atoms with Crippen molar-refractivity contribution >= 4 is 17.7 Å². The molecule has 0 aromatic rings. The van der Waals surface area contributed by atoms with Crippen molar-refractivity contribution in [2.75, 3.05) is 6.54 Å². The highest BCUT2D eigenvalue weighted by atomic mass is 16.2. The number of carbonyl (C=O) groups is 3. The smallest absolute Gasteiger partial charge is 0.257 e. The molecule has 0 aromatic carbocycles. The van der Waals surface area contributed by atoms with Crippen molar-refractivity contribution in [1.29, 1.82) is 0 Å². The van der Waals surface area contributed by atoms with Crippen molar-refractivity contribution < 1.29 is 14.4 Å². The molecule has 82 valence electrons. The monoisotopic (exact) mass is 210 g/mol. The number of hydrogen-bond acceptors (Lipinski definition) is 3. The van der Waals surface area contributed by atoms with Crippen LogP contribution in [-0.2, 0) is 14.4 Å². The Morgan fingerprint density at radius 3 is 2.53 bits per heavy atom. The number of carbonyl (C=O) groups excluding carboxylic acids is 3. The van der Waals surface area contributed by atoms with E-state index in [0.29, 0.717) is 12.1 Å². The van der Waals surface area contributed by atoms with Crippen LogP contribution in [0.15, 0.2) is 11.6 Å². The SMILES string of the molecule is CCNC(=O)C(C)N1C(=O)C=C(C)C1=O. The van der Waals surface area contributed by atoms with Crippen LogP contribution in [0.25, 0.3) is 0 Å². The predicted molar refractivity (Wildman–Crippen MR) is 53.8 cm³/mol. The molecule has 1 aliphatic rings. The van der Waals surface area contributed by atoms with Gasteiger partial charge in [-0.3, -0.25) is 19.3 Å². The van der Waals surface area contributed by atoms with Crippen LogP contribution in [-0.4, -0.2) is 35.2 Å². The lowest BCUT2D eigenvalue weighted by molar-refractivity contribution is -0.145. The summed E-state index contributed by atoms with van der Waals surface area (Å²) in [5.41, 5.74) is 0.371. The van der Waals surface area contributed by atoms with Crippen molar-refractivity contribution in [3.8, 4) is 0 Å². The predicted octanol–water partition coefficient (Wildman–Crippen LogP) is -0.174. The standard InChI is InChI=1S/C10H14N2O3/c1-4-11-9(14)7(3)12-8(13)5-6(2)10(12)15/h5,7H,4H2,1-3H3,(H,11,14). The molecule has 5 heteroatoms. The molecule has 0 radical (unpaired) electrons. The molecule has 5 nitrogen and oxygen atoms in total. The van der Waals surface area contributed by atoms with Crippen molar-refractivity contribution in [2.45, 2.75) is 26.8 Å². The average Bonchev–Trinajstić information content (AvgIpc) is 2.41. The van der Waals surface area contributed by atoms with Gasteiger partial charge in [-0.05, 0) is 20.8 Å². The van der Waals surface area contributed by atoms with Gasteiger partial charge in [-0.25, -0.2) is 0 Å². The van der Waals surface area contributed by atoms with Crippen LogP contribution in [0.2, 0.25) is 0 Å². The van der Waals surface area contributed by atoms with E-state index in [-0.39, 0.29) is 5.91 Å². The maximum absolute atomic E-state index is 11.5. The molecule has 1 rings (SSSR count). The number of hydrogen-bond donors (Lipinski definition) is 1. The Balaban J connectivity index is 2.78. The minimum absolute atomic E-state index is 0.317. The number of nitrogens with zero attached hydrogens (tertiary/aromatic N) is 1. The van der Waals surface area contributed by atoms with E-state index >= 15 is 0 Å². The first-order valence-corrected chi connectivity index (χ1v) is 4.82. The third-order valence-corrected chi connectivity index (χ3v) is 2.25. The summed E-state index contributed by atoms with van der Waals surface area (Å²) in [6, 6.07) is -0.751. The van der Waals surface area contributed by atoms with Crippen LogP contribution in [0, 0.1) is 0 Å². The summed E-state index contributed by atoms with van der Waals surface area (Å²) in [5.74, 6) is -1.13. The van der Waals surface area contributed by atoms with E-state index in [1.54, 1.807) is 13.8 Å². The second-order valence-electron chi connectivity index (χ2n) is 3.41. The molecular weight excluding hydrogens is 196 g/mol. The number of nitrogens with one attached hydrogen (secondary N) is 1. The first-order chi connectivity index (χ1) is 6.99. The Morgan fingerprint density at radius 2 is 2.13 bits per heavy atom. The molecule has 1 heterocycles. The summed E-state index contributed by atoms with van der Waals surface area (Å²) in [4.78, 5) is 35.3. The highest BCUT2D eigenvalue weighted by Crippen LogP contribution is 2.15. The number of rotatable bonds is 3. The molecule has 1 atom stereocenters. The van der Waals surface area contributed by atoms with Gasteiger partial charge in [0.15, 0.2) is 0 Å². The minimum atomic E-state index is -0.751. The van der Waals surface area contributed by atoms with Gasteiger partial charge < -0.3 is 5.32 Å². The molecule has 0 saturated heterocycles. The maximum atomic E-state index is 11.5. The zero-order valence-corrected chi connectivity index (χ0v) is 9.03.